The molecule has 0 bridgehead atoms. The number of allylic oxidation sites excluding steroid dienone is 1. The third kappa shape index (κ3) is 5.08. The maximum Gasteiger partial charge on any atom is 0.223 e. The van der Waals surface area contributed by atoms with Crippen LogP contribution in [0.1, 0.15) is 13.3 Å². The number of hydrogen-bond donors (Lipinski definition) is 0. The van der Waals surface area contributed by atoms with Crippen LogP contribution in [0, 0.1) is 0 Å². The van der Waals surface area contributed by atoms with Gasteiger partial charge in [0, 0.05) is 50.3 Å². The van der Waals surface area contributed by atoms with Crippen LogP contribution in [0.3, 0.4) is 0 Å². The highest BCUT2D eigenvalue weighted by molar-refractivity contribution is 7.99. The molecule has 2 heterocycles. The smallest absolute Gasteiger partial charge is 0.223 e. The van der Waals surface area contributed by atoms with Crippen molar-refractivity contribution in [1.82, 2.24) is 9.88 Å². The van der Waals surface area contributed by atoms with Crippen LogP contribution in [0.15, 0.2) is 36.5 Å². The first-order valence-electron chi connectivity index (χ1n) is 7.44. The van der Waals surface area contributed by atoms with Crippen LogP contribution >= 0.6 is 11.8 Å². The molecular weight excluding hydrogens is 282 g/mol. The molecule has 2 rings (SSSR count). The standard InChI is InChI=1S/C16H23N3OS/c1-2-3-13-21-14-7-16(20)19-11-9-18(10-12-19)15-6-4-5-8-17-15/h2-6,8H,7,9-14H2,1H3. The van der Waals surface area contributed by atoms with Crippen LogP contribution in [-0.2, 0) is 4.79 Å². The molecule has 0 atom stereocenters. The van der Waals surface area contributed by atoms with Gasteiger partial charge in [0.25, 0.3) is 0 Å². The van der Waals surface area contributed by atoms with E-state index >= 15 is 0 Å². The van der Waals surface area contributed by atoms with Gasteiger partial charge in [-0.25, -0.2) is 4.98 Å². The Morgan fingerprint density at radius 2 is 2.14 bits per heavy atom. The number of rotatable bonds is 6. The Labute approximate surface area is 131 Å². The summed E-state index contributed by atoms with van der Waals surface area (Å²) < 4.78 is 0. The monoisotopic (exact) mass is 305 g/mol. The molecule has 4 nitrogen and oxygen atoms in total. The van der Waals surface area contributed by atoms with Crippen LogP contribution < -0.4 is 4.90 Å². The Bertz CT molecular complexity index is 456. The molecule has 0 unspecified atom stereocenters. The quantitative estimate of drug-likeness (QED) is 0.597. The van der Waals surface area contributed by atoms with E-state index in [0.717, 1.165) is 43.5 Å². The summed E-state index contributed by atoms with van der Waals surface area (Å²) in [5.74, 6) is 3.19. The van der Waals surface area contributed by atoms with Crippen molar-refractivity contribution < 1.29 is 4.79 Å². The Hall–Kier alpha value is -1.49. The predicted molar refractivity (Wildman–Crippen MR) is 89.8 cm³/mol. The van der Waals surface area contributed by atoms with Crippen LogP contribution in [0.4, 0.5) is 5.82 Å². The summed E-state index contributed by atoms with van der Waals surface area (Å²) in [7, 11) is 0. The van der Waals surface area contributed by atoms with Crippen LogP contribution in [0.2, 0.25) is 0 Å². The molecule has 1 aliphatic rings. The molecule has 0 saturated carbocycles. The summed E-state index contributed by atoms with van der Waals surface area (Å²) >= 11 is 1.81. The zero-order valence-electron chi connectivity index (χ0n) is 12.6. The molecular formula is C16H23N3OS. The van der Waals surface area contributed by atoms with Gasteiger partial charge in [-0.1, -0.05) is 18.2 Å². The lowest BCUT2D eigenvalue weighted by molar-refractivity contribution is -0.131. The number of piperazine rings is 1. The molecule has 0 N–H and O–H groups in total. The maximum atomic E-state index is 12.1. The fourth-order valence-electron chi connectivity index (χ4n) is 2.29. The Morgan fingerprint density at radius 3 is 2.81 bits per heavy atom. The minimum atomic E-state index is 0.281. The van der Waals surface area contributed by atoms with Gasteiger partial charge in [0.1, 0.15) is 5.82 Å². The average molecular weight is 305 g/mol. The number of nitrogens with zero attached hydrogens (tertiary/aromatic N) is 3. The third-order valence-electron chi connectivity index (χ3n) is 3.52. The number of thioether (sulfide) groups is 1. The van der Waals surface area contributed by atoms with Gasteiger partial charge in [-0.15, -0.1) is 0 Å². The molecule has 5 heteroatoms. The van der Waals surface area contributed by atoms with Crippen molar-refractivity contribution in [2.45, 2.75) is 13.3 Å². The molecule has 0 aromatic carbocycles. The maximum absolute atomic E-state index is 12.1. The van der Waals surface area contributed by atoms with Gasteiger partial charge >= 0.3 is 0 Å². The Kier molecular flexibility index (Phi) is 6.60. The molecule has 1 aliphatic heterocycles. The van der Waals surface area contributed by atoms with E-state index < -0.39 is 0 Å². The first-order valence-corrected chi connectivity index (χ1v) is 8.59. The summed E-state index contributed by atoms with van der Waals surface area (Å²) in [6, 6.07) is 5.95. The van der Waals surface area contributed by atoms with E-state index in [1.54, 1.807) is 0 Å². The molecule has 0 aliphatic carbocycles. The van der Waals surface area contributed by atoms with Crippen LogP contribution in [-0.4, -0.2) is 53.5 Å². The number of pyridine rings is 1. The highest BCUT2D eigenvalue weighted by atomic mass is 32.2. The molecule has 21 heavy (non-hydrogen) atoms. The van der Waals surface area contributed by atoms with Crippen molar-refractivity contribution in [3.8, 4) is 0 Å². The van der Waals surface area contributed by atoms with Gasteiger partial charge in [0.15, 0.2) is 0 Å². The predicted octanol–water partition coefficient (Wildman–Crippen LogP) is 2.43. The number of anilines is 1. The first-order chi connectivity index (χ1) is 10.3. The lowest BCUT2D eigenvalue weighted by Crippen LogP contribution is -2.49. The normalized spacial score (nSPS) is 15.7. The topological polar surface area (TPSA) is 36.4 Å². The number of amides is 1. The molecule has 1 fully saturated rings. The van der Waals surface area contributed by atoms with E-state index in [0.29, 0.717) is 6.42 Å². The number of aromatic nitrogens is 1. The minimum absolute atomic E-state index is 0.281. The minimum Gasteiger partial charge on any atom is -0.353 e. The number of carbonyl (C=O) groups excluding carboxylic acids is 1. The number of hydrogen-bond acceptors (Lipinski definition) is 4. The van der Waals surface area contributed by atoms with E-state index in [1.165, 1.54) is 0 Å². The van der Waals surface area contributed by atoms with Crippen molar-refractivity contribution >= 4 is 23.5 Å². The summed E-state index contributed by atoms with van der Waals surface area (Å²) in [6.45, 7) is 5.36. The van der Waals surface area contributed by atoms with Crippen molar-refractivity contribution in [2.24, 2.45) is 0 Å². The second kappa shape index (κ2) is 8.72. The summed E-state index contributed by atoms with van der Waals surface area (Å²) in [5.41, 5.74) is 0. The van der Waals surface area contributed by atoms with E-state index in [1.807, 2.05) is 54.1 Å². The van der Waals surface area contributed by atoms with E-state index in [-0.39, 0.29) is 5.91 Å². The summed E-state index contributed by atoms with van der Waals surface area (Å²) in [4.78, 5) is 20.7. The first kappa shape index (κ1) is 15.9. The summed E-state index contributed by atoms with van der Waals surface area (Å²) in [6.07, 6.45) is 6.63. The van der Waals surface area contributed by atoms with Crippen molar-refractivity contribution in [3.05, 3.63) is 36.5 Å². The second-order valence-electron chi connectivity index (χ2n) is 4.95. The molecule has 1 amide bonds. The van der Waals surface area contributed by atoms with Gasteiger partial charge in [-0.2, -0.15) is 11.8 Å². The zero-order chi connectivity index (χ0) is 14.9. The third-order valence-corrected chi connectivity index (χ3v) is 4.44. The van der Waals surface area contributed by atoms with Gasteiger partial charge in [0.05, 0.1) is 0 Å². The SMILES string of the molecule is CC=CCSCCC(=O)N1CCN(c2ccccn2)CC1. The van der Waals surface area contributed by atoms with E-state index in [9.17, 15) is 4.79 Å². The number of carbonyl (C=O) groups is 1. The lowest BCUT2D eigenvalue weighted by atomic mass is 10.3. The average Bonchev–Trinajstić information content (AvgIpc) is 2.55. The lowest BCUT2D eigenvalue weighted by Gasteiger charge is -2.35. The molecule has 0 radical (unpaired) electrons. The fraction of sp³-hybridized carbons (Fsp3) is 0.500. The Balaban J connectivity index is 1.70. The molecule has 1 aromatic heterocycles. The largest absolute Gasteiger partial charge is 0.353 e. The highest BCUT2D eigenvalue weighted by Gasteiger charge is 2.21. The molecule has 114 valence electrons. The van der Waals surface area contributed by atoms with Crippen molar-refractivity contribution in [2.75, 3.05) is 42.6 Å². The van der Waals surface area contributed by atoms with Gasteiger partial charge in [0.2, 0.25) is 5.91 Å². The van der Waals surface area contributed by atoms with E-state index in [2.05, 4.69) is 16.0 Å². The fourth-order valence-corrected chi connectivity index (χ4v) is 3.11. The van der Waals surface area contributed by atoms with Gasteiger partial charge in [-0.3, -0.25) is 4.79 Å². The Morgan fingerprint density at radius 1 is 1.33 bits per heavy atom. The molecule has 1 aromatic rings. The van der Waals surface area contributed by atoms with Gasteiger partial charge in [-0.05, 0) is 19.1 Å². The van der Waals surface area contributed by atoms with Crippen LogP contribution in [0.5, 0.6) is 0 Å². The van der Waals surface area contributed by atoms with Crippen molar-refractivity contribution in [1.29, 1.82) is 0 Å². The molecule has 0 spiro atoms. The second-order valence-corrected chi connectivity index (χ2v) is 6.10. The zero-order valence-corrected chi connectivity index (χ0v) is 13.4. The summed E-state index contributed by atoms with van der Waals surface area (Å²) in [5, 5.41) is 0. The van der Waals surface area contributed by atoms with E-state index in [4.69, 9.17) is 0 Å². The van der Waals surface area contributed by atoms with Crippen LogP contribution in [0.25, 0.3) is 0 Å². The van der Waals surface area contributed by atoms with Crippen molar-refractivity contribution in [3.63, 3.8) is 0 Å². The van der Waals surface area contributed by atoms with Gasteiger partial charge < -0.3 is 9.80 Å². The molecule has 1 saturated heterocycles. The highest BCUT2D eigenvalue weighted by Crippen LogP contribution is 2.13.